The smallest absolute Gasteiger partial charge is 0.258 e. The first kappa shape index (κ1) is 15.9. The predicted molar refractivity (Wildman–Crippen MR) is 84.9 cm³/mol. The second-order valence-electron chi connectivity index (χ2n) is 5.64. The van der Waals surface area contributed by atoms with Crippen LogP contribution in [0.2, 0.25) is 5.02 Å². The number of benzene rings is 1. The molecule has 2 heterocycles. The van der Waals surface area contributed by atoms with E-state index in [1.807, 2.05) is 12.1 Å². The van der Waals surface area contributed by atoms with E-state index >= 15 is 0 Å². The van der Waals surface area contributed by atoms with Crippen molar-refractivity contribution in [2.24, 2.45) is 5.92 Å². The van der Waals surface area contributed by atoms with E-state index in [9.17, 15) is 14.3 Å². The molecule has 2 atom stereocenters. The molecule has 0 bridgehead atoms. The minimum Gasteiger partial charge on any atom is -0.396 e. The fourth-order valence-corrected chi connectivity index (χ4v) is 3.31. The van der Waals surface area contributed by atoms with Crippen LogP contribution in [0.15, 0.2) is 42.7 Å². The number of aromatic nitrogens is 1. The summed E-state index contributed by atoms with van der Waals surface area (Å²) < 4.78 is 14.0. The van der Waals surface area contributed by atoms with E-state index in [0.717, 1.165) is 5.56 Å². The van der Waals surface area contributed by atoms with Gasteiger partial charge in [0, 0.05) is 43.9 Å². The summed E-state index contributed by atoms with van der Waals surface area (Å²) in [5.74, 6) is -1.16. The van der Waals surface area contributed by atoms with Crippen molar-refractivity contribution in [3.63, 3.8) is 0 Å². The van der Waals surface area contributed by atoms with Crippen molar-refractivity contribution in [1.29, 1.82) is 0 Å². The van der Waals surface area contributed by atoms with E-state index in [4.69, 9.17) is 11.6 Å². The standard InChI is InChI=1S/C17H16ClFN2O2/c18-14-2-1-3-15(19)16(14)17(23)21-8-12(10-22)13(9-21)11-4-6-20-7-5-11/h1-7,12-13,22H,8-10H2/t12-,13-/m0/s1. The molecule has 4 nitrogen and oxygen atoms in total. The molecule has 1 aliphatic rings. The number of hydrogen-bond acceptors (Lipinski definition) is 3. The molecule has 1 aliphatic heterocycles. The van der Waals surface area contributed by atoms with Crippen LogP contribution in [0.3, 0.4) is 0 Å². The van der Waals surface area contributed by atoms with Crippen LogP contribution in [0.1, 0.15) is 21.8 Å². The lowest BCUT2D eigenvalue weighted by Gasteiger charge is -2.17. The molecular weight excluding hydrogens is 319 g/mol. The molecule has 2 aromatic rings. The van der Waals surface area contributed by atoms with Crippen LogP contribution in [0.25, 0.3) is 0 Å². The highest BCUT2D eigenvalue weighted by Gasteiger charge is 2.37. The van der Waals surface area contributed by atoms with Gasteiger partial charge in [-0.25, -0.2) is 4.39 Å². The quantitative estimate of drug-likeness (QED) is 0.939. The molecule has 1 aromatic carbocycles. The van der Waals surface area contributed by atoms with Gasteiger partial charge in [-0.2, -0.15) is 0 Å². The van der Waals surface area contributed by atoms with Gasteiger partial charge in [0.1, 0.15) is 5.82 Å². The predicted octanol–water partition coefficient (Wildman–Crippen LogP) is 2.72. The molecule has 0 aliphatic carbocycles. The highest BCUT2D eigenvalue weighted by molar-refractivity contribution is 6.33. The molecule has 0 radical (unpaired) electrons. The molecule has 3 rings (SSSR count). The molecule has 1 fully saturated rings. The Balaban J connectivity index is 1.86. The lowest BCUT2D eigenvalue weighted by atomic mass is 9.90. The Morgan fingerprint density at radius 1 is 1.30 bits per heavy atom. The number of amides is 1. The summed E-state index contributed by atoms with van der Waals surface area (Å²) >= 11 is 5.98. The number of pyridine rings is 1. The van der Waals surface area contributed by atoms with E-state index in [-0.39, 0.29) is 29.0 Å². The van der Waals surface area contributed by atoms with Crippen LogP contribution in [0, 0.1) is 11.7 Å². The molecule has 1 saturated heterocycles. The van der Waals surface area contributed by atoms with Crippen LogP contribution >= 0.6 is 11.6 Å². The highest BCUT2D eigenvalue weighted by Crippen LogP contribution is 2.34. The zero-order valence-corrected chi connectivity index (χ0v) is 13.1. The first-order chi connectivity index (χ1) is 11.1. The largest absolute Gasteiger partial charge is 0.396 e. The lowest BCUT2D eigenvalue weighted by molar-refractivity contribution is 0.0777. The van der Waals surface area contributed by atoms with E-state index in [1.165, 1.54) is 18.2 Å². The molecule has 0 saturated carbocycles. The van der Waals surface area contributed by atoms with Gasteiger partial charge in [-0.3, -0.25) is 9.78 Å². The molecule has 0 unspecified atom stereocenters. The third-order valence-electron chi connectivity index (χ3n) is 4.27. The van der Waals surface area contributed by atoms with Gasteiger partial charge in [0.25, 0.3) is 5.91 Å². The summed E-state index contributed by atoms with van der Waals surface area (Å²) in [6.45, 7) is 0.744. The normalized spacial score (nSPS) is 20.7. The Labute approximate surface area is 138 Å². The van der Waals surface area contributed by atoms with Gasteiger partial charge in [0.2, 0.25) is 0 Å². The first-order valence-electron chi connectivity index (χ1n) is 7.36. The third kappa shape index (κ3) is 3.07. The van der Waals surface area contributed by atoms with Crippen molar-refractivity contribution in [3.8, 4) is 0 Å². The minimum atomic E-state index is -0.629. The monoisotopic (exact) mass is 334 g/mol. The number of rotatable bonds is 3. The molecular formula is C17H16ClFN2O2. The van der Waals surface area contributed by atoms with E-state index in [1.54, 1.807) is 17.3 Å². The summed E-state index contributed by atoms with van der Waals surface area (Å²) in [5.41, 5.74) is 0.898. The second-order valence-corrected chi connectivity index (χ2v) is 6.04. The van der Waals surface area contributed by atoms with E-state index in [2.05, 4.69) is 4.98 Å². The summed E-state index contributed by atoms with van der Waals surface area (Å²) in [6, 6.07) is 7.93. The lowest BCUT2D eigenvalue weighted by Crippen LogP contribution is -2.30. The van der Waals surface area contributed by atoms with Gasteiger partial charge in [-0.15, -0.1) is 0 Å². The van der Waals surface area contributed by atoms with Crippen LogP contribution in [0.5, 0.6) is 0 Å². The van der Waals surface area contributed by atoms with Gasteiger partial charge >= 0.3 is 0 Å². The van der Waals surface area contributed by atoms with Gasteiger partial charge in [0.05, 0.1) is 10.6 Å². The molecule has 1 amide bonds. The maximum absolute atomic E-state index is 14.0. The maximum atomic E-state index is 14.0. The van der Waals surface area contributed by atoms with Crippen molar-refractivity contribution in [2.45, 2.75) is 5.92 Å². The van der Waals surface area contributed by atoms with Crippen molar-refractivity contribution in [2.75, 3.05) is 19.7 Å². The number of nitrogens with zero attached hydrogens (tertiary/aromatic N) is 2. The topological polar surface area (TPSA) is 53.4 Å². The number of halogens is 2. The summed E-state index contributed by atoms with van der Waals surface area (Å²) in [7, 11) is 0. The average molecular weight is 335 g/mol. The maximum Gasteiger partial charge on any atom is 0.258 e. The Bertz CT molecular complexity index is 691. The zero-order chi connectivity index (χ0) is 16.4. The van der Waals surface area contributed by atoms with Gasteiger partial charge in [-0.1, -0.05) is 17.7 Å². The second kappa shape index (κ2) is 6.64. The van der Waals surface area contributed by atoms with Crippen LogP contribution in [-0.2, 0) is 0 Å². The Morgan fingerprint density at radius 2 is 2.04 bits per heavy atom. The Morgan fingerprint density at radius 3 is 2.70 bits per heavy atom. The van der Waals surface area contributed by atoms with E-state index in [0.29, 0.717) is 13.1 Å². The van der Waals surface area contributed by atoms with Crippen LogP contribution in [0.4, 0.5) is 4.39 Å². The van der Waals surface area contributed by atoms with Crippen molar-refractivity contribution in [3.05, 3.63) is 64.7 Å². The summed E-state index contributed by atoms with van der Waals surface area (Å²) in [4.78, 5) is 18.2. The zero-order valence-electron chi connectivity index (χ0n) is 12.3. The SMILES string of the molecule is O=C(c1c(F)cccc1Cl)N1C[C@@H](CO)[C@H](c2ccncc2)C1. The molecule has 120 valence electrons. The number of carbonyl (C=O) groups is 1. The van der Waals surface area contributed by atoms with Gasteiger partial charge in [0.15, 0.2) is 0 Å². The minimum absolute atomic E-state index is 0.00232. The Hall–Kier alpha value is -1.98. The van der Waals surface area contributed by atoms with Gasteiger partial charge in [-0.05, 0) is 29.8 Å². The van der Waals surface area contributed by atoms with Crippen molar-refractivity contribution < 1.29 is 14.3 Å². The molecule has 1 N–H and O–H groups in total. The molecule has 1 aromatic heterocycles. The molecule has 23 heavy (non-hydrogen) atoms. The van der Waals surface area contributed by atoms with Crippen molar-refractivity contribution in [1.82, 2.24) is 9.88 Å². The van der Waals surface area contributed by atoms with Crippen molar-refractivity contribution >= 4 is 17.5 Å². The fraction of sp³-hybridized carbons (Fsp3) is 0.294. The van der Waals surface area contributed by atoms with Crippen LogP contribution < -0.4 is 0 Å². The number of carbonyl (C=O) groups excluding carboxylic acids is 1. The molecule has 0 spiro atoms. The first-order valence-corrected chi connectivity index (χ1v) is 7.73. The summed E-state index contributed by atoms with van der Waals surface area (Å²) in [6.07, 6.45) is 3.37. The Kier molecular flexibility index (Phi) is 4.59. The van der Waals surface area contributed by atoms with E-state index < -0.39 is 11.7 Å². The number of aliphatic hydroxyl groups excluding tert-OH is 1. The average Bonchev–Trinajstić information content (AvgIpc) is 3.00. The number of aliphatic hydroxyl groups is 1. The third-order valence-corrected chi connectivity index (χ3v) is 4.59. The van der Waals surface area contributed by atoms with Gasteiger partial charge < -0.3 is 10.0 Å². The fourth-order valence-electron chi connectivity index (χ4n) is 3.07. The molecule has 6 heteroatoms. The highest BCUT2D eigenvalue weighted by atomic mass is 35.5. The summed E-state index contributed by atoms with van der Waals surface area (Å²) in [5, 5.41) is 9.72. The number of hydrogen-bond donors (Lipinski definition) is 1. The van der Waals surface area contributed by atoms with Crippen LogP contribution in [-0.4, -0.2) is 40.6 Å². The number of likely N-dealkylation sites (tertiary alicyclic amines) is 1.